The topological polar surface area (TPSA) is 91.8 Å². The number of benzene rings is 2. The first-order valence-corrected chi connectivity index (χ1v) is 10.6. The summed E-state index contributed by atoms with van der Waals surface area (Å²) in [5, 5.41) is 6.20. The summed E-state index contributed by atoms with van der Waals surface area (Å²) >= 11 is 0. The van der Waals surface area contributed by atoms with Crippen molar-refractivity contribution in [2.75, 3.05) is 33.3 Å². The molecule has 0 heterocycles. The van der Waals surface area contributed by atoms with Crippen LogP contribution in [-0.4, -0.2) is 47.7 Å². The van der Waals surface area contributed by atoms with Gasteiger partial charge in [-0.1, -0.05) is 30.3 Å². The SMILES string of the molecule is CN=C(NCCNS(=O)(=O)c1cc(C)ccc1C)NCCOc1ccccc1.I. The maximum Gasteiger partial charge on any atom is 0.240 e. The van der Waals surface area contributed by atoms with Gasteiger partial charge in [0.25, 0.3) is 0 Å². The molecule has 7 nitrogen and oxygen atoms in total. The number of nitrogens with one attached hydrogen (secondary N) is 3. The summed E-state index contributed by atoms with van der Waals surface area (Å²) in [6.07, 6.45) is 0. The predicted molar refractivity (Wildman–Crippen MR) is 128 cm³/mol. The van der Waals surface area contributed by atoms with Gasteiger partial charge in [0.15, 0.2) is 5.96 Å². The van der Waals surface area contributed by atoms with Crippen molar-refractivity contribution < 1.29 is 13.2 Å². The number of nitrogens with zero attached hydrogens (tertiary/aromatic N) is 1. The van der Waals surface area contributed by atoms with Crippen molar-refractivity contribution in [3.63, 3.8) is 0 Å². The molecule has 0 aliphatic carbocycles. The molecule has 0 aromatic heterocycles. The first kappa shape index (κ1) is 25.2. The summed E-state index contributed by atoms with van der Waals surface area (Å²) in [6.45, 7) is 5.37. The lowest BCUT2D eigenvalue weighted by Crippen LogP contribution is -2.42. The van der Waals surface area contributed by atoms with Crippen molar-refractivity contribution in [2.45, 2.75) is 18.7 Å². The molecule has 2 aromatic carbocycles. The number of halogens is 1. The minimum atomic E-state index is -3.54. The number of hydrogen-bond donors (Lipinski definition) is 3. The number of aryl methyl sites for hydroxylation is 2. The zero-order valence-corrected chi connectivity index (χ0v) is 20.1. The van der Waals surface area contributed by atoms with Crippen LogP contribution in [0.4, 0.5) is 0 Å². The average Bonchev–Trinajstić information content (AvgIpc) is 2.69. The van der Waals surface area contributed by atoms with Crippen molar-refractivity contribution in [1.29, 1.82) is 0 Å². The van der Waals surface area contributed by atoms with E-state index < -0.39 is 10.0 Å². The monoisotopic (exact) mass is 532 g/mol. The van der Waals surface area contributed by atoms with Crippen LogP contribution >= 0.6 is 24.0 Å². The number of ether oxygens (including phenoxy) is 1. The summed E-state index contributed by atoms with van der Waals surface area (Å²) in [7, 11) is -1.88. The molecule has 2 rings (SSSR count). The first-order valence-electron chi connectivity index (χ1n) is 9.11. The Hall–Kier alpha value is -1.85. The molecule has 0 aliphatic heterocycles. The molecule has 9 heteroatoms. The number of para-hydroxylation sites is 1. The molecule has 0 bridgehead atoms. The third-order valence-corrected chi connectivity index (χ3v) is 5.58. The van der Waals surface area contributed by atoms with Crippen molar-refractivity contribution in [1.82, 2.24) is 15.4 Å². The van der Waals surface area contributed by atoms with Crippen LogP contribution in [0.5, 0.6) is 5.75 Å². The highest BCUT2D eigenvalue weighted by Crippen LogP contribution is 2.16. The van der Waals surface area contributed by atoms with Gasteiger partial charge in [0.05, 0.1) is 11.4 Å². The maximum absolute atomic E-state index is 12.5. The van der Waals surface area contributed by atoms with Crippen molar-refractivity contribution in [2.24, 2.45) is 4.99 Å². The number of hydrogen-bond acceptors (Lipinski definition) is 4. The van der Waals surface area contributed by atoms with Gasteiger partial charge in [0.1, 0.15) is 12.4 Å². The second-order valence-corrected chi connectivity index (χ2v) is 7.99. The zero-order valence-electron chi connectivity index (χ0n) is 16.9. The van der Waals surface area contributed by atoms with Crippen LogP contribution in [0, 0.1) is 13.8 Å². The van der Waals surface area contributed by atoms with E-state index in [1.54, 1.807) is 20.0 Å². The number of sulfonamides is 1. The highest BCUT2D eigenvalue weighted by atomic mass is 127. The molecular formula is C20H29IN4O3S. The van der Waals surface area contributed by atoms with Gasteiger partial charge in [-0.2, -0.15) is 0 Å². The van der Waals surface area contributed by atoms with Crippen LogP contribution < -0.4 is 20.1 Å². The molecule has 0 unspecified atom stereocenters. The van der Waals surface area contributed by atoms with E-state index in [4.69, 9.17) is 4.74 Å². The van der Waals surface area contributed by atoms with Crippen LogP contribution in [0.25, 0.3) is 0 Å². The van der Waals surface area contributed by atoms with E-state index in [1.165, 1.54) is 0 Å². The molecule has 0 radical (unpaired) electrons. The fourth-order valence-corrected chi connectivity index (χ4v) is 3.88. The summed E-state index contributed by atoms with van der Waals surface area (Å²) in [5.74, 6) is 1.40. The van der Waals surface area contributed by atoms with Crippen molar-refractivity contribution in [3.8, 4) is 5.75 Å². The second-order valence-electron chi connectivity index (χ2n) is 6.25. The van der Waals surface area contributed by atoms with Crippen LogP contribution in [0.15, 0.2) is 58.4 Å². The molecule has 0 amide bonds. The van der Waals surface area contributed by atoms with Crippen LogP contribution in [-0.2, 0) is 10.0 Å². The van der Waals surface area contributed by atoms with E-state index in [0.29, 0.717) is 30.6 Å². The minimum Gasteiger partial charge on any atom is -0.492 e. The van der Waals surface area contributed by atoms with Gasteiger partial charge in [-0.05, 0) is 43.2 Å². The summed E-state index contributed by atoms with van der Waals surface area (Å²) < 4.78 is 33.1. The van der Waals surface area contributed by atoms with E-state index in [9.17, 15) is 8.42 Å². The molecule has 0 fully saturated rings. The van der Waals surface area contributed by atoms with E-state index >= 15 is 0 Å². The fourth-order valence-electron chi connectivity index (χ4n) is 2.52. The first-order chi connectivity index (χ1) is 13.4. The second kappa shape index (κ2) is 12.7. The molecule has 0 saturated carbocycles. The van der Waals surface area contributed by atoms with Gasteiger partial charge in [-0.3, -0.25) is 4.99 Å². The molecule has 2 aromatic rings. The quantitative estimate of drug-likeness (QED) is 0.200. The van der Waals surface area contributed by atoms with E-state index in [-0.39, 0.29) is 30.5 Å². The van der Waals surface area contributed by atoms with Crippen molar-refractivity contribution >= 4 is 40.0 Å². The molecule has 0 aliphatic rings. The Kier molecular flexibility index (Phi) is 11.0. The number of rotatable bonds is 9. The highest BCUT2D eigenvalue weighted by molar-refractivity contribution is 14.0. The van der Waals surface area contributed by atoms with E-state index in [0.717, 1.165) is 16.9 Å². The van der Waals surface area contributed by atoms with Crippen LogP contribution in [0.2, 0.25) is 0 Å². The molecular weight excluding hydrogens is 503 g/mol. The Balaban J connectivity index is 0.00000420. The average molecular weight is 532 g/mol. The van der Waals surface area contributed by atoms with Crippen LogP contribution in [0.3, 0.4) is 0 Å². The van der Waals surface area contributed by atoms with E-state index in [1.807, 2.05) is 49.4 Å². The maximum atomic E-state index is 12.5. The smallest absolute Gasteiger partial charge is 0.240 e. The lowest BCUT2D eigenvalue weighted by atomic mass is 10.2. The molecule has 160 valence electrons. The minimum absolute atomic E-state index is 0. The molecule has 0 spiro atoms. The Morgan fingerprint density at radius 2 is 1.69 bits per heavy atom. The molecule has 3 N–H and O–H groups in total. The van der Waals surface area contributed by atoms with Gasteiger partial charge in [-0.15, -0.1) is 24.0 Å². The van der Waals surface area contributed by atoms with Crippen molar-refractivity contribution in [3.05, 3.63) is 59.7 Å². The number of aliphatic imine (C=N–C) groups is 1. The van der Waals surface area contributed by atoms with Gasteiger partial charge in [0.2, 0.25) is 10.0 Å². The Bertz CT molecular complexity index is 890. The summed E-state index contributed by atoms with van der Waals surface area (Å²) in [5.41, 5.74) is 1.63. The third-order valence-electron chi connectivity index (χ3n) is 3.97. The lowest BCUT2D eigenvalue weighted by molar-refractivity contribution is 0.322. The zero-order chi connectivity index (χ0) is 20.4. The molecule has 29 heavy (non-hydrogen) atoms. The van der Waals surface area contributed by atoms with Gasteiger partial charge >= 0.3 is 0 Å². The Morgan fingerprint density at radius 3 is 2.38 bits per heavy atom. The largest absolute Gasteiger partial charge is 0.492 e. The summed E-state index contributed by atoms with van der Waals surface area (Å²) in [4.78, 5) is 4.43. The predicted octanol–water partition coefficient (Wildman–Crippen LogP) is 2.44. The third kappa shape index (κ3) is 8.58. The Morgan fingerprint density at radius 1 is 1.00 bits per heavy atom. The molecule has 0 saturated heterocycles. The van der Waals surface area contributed by atoms with Gasteiger partial charge in [0, 0.05) is 20.1 Å². The highest BCUT2D eigenvalue weighted by Gasteiger charge is 2.16. The normalized spacial score (nSPS) is 11.5. The fraction of sp³-hybridized carbons (Fsp3) is 0.350. The Labute approximate surface area is 190 Å². The van der Waals surface area contributed by atoms with Gasteiger partial charge < -0.3 is 15.4 Å². The van der Waals surface area contributed by atoms with Crippen LogP contribution in [0.1, 0.15) is 11.1 Å². The standard InChI is InChI=1S/C20H28N4O3S.HI/c1-16-9-10-17(2)19(15-16)28(25,26)24-12-11-22-20(21-3)23-13-14-27-18-7-5-4-6-8-18;/h4-10,15,24H,11-14H2,1-3H3,(H2,21,22,23);1H. The van der Waals surface area contributed by atoms with E-state index in [2.05, 4.69) is 20.3 Å². The molecule has 0 atom stereocenters. The lowest BCUT2D eigenvalue weighted by Gasteiger charge is -2.14. The number of guanidine groups is 1. The van der Waals surface area contributed by atoms with Gasteiger partial charge in [-0.25, -0.2) is 13.1 Å². The summed E-state index contributed by atoms with van der Waals surface area (Å²) in [6, 6.07) is 15.0.